The van der Waals surface area contributed by atoms with Gasteiger partial charge in [0.2, 0.25) is 5.03 Å². The summed E-state index contributed by atoms with van der Waals surface area (Å²) in [4.78, 5) is 4.01. The summed E-state index contributed by atoms with van der Waals surface area (Å²) in [5.41, 5.74) is 1.52. The molecule has 0 saturated carbocycles. The van der Waals surface area contributed by atoms with E-state index in [9.17, 15) is 8.42 Å². The maximum absolute atomic E-state index is 12.1. The summed E-state index contributed by atoms with van der Waals surface area (Å²) < 4.78 is 26.5. The summed E-state index contributed by atoms with van der Waals surface area (Å²) in [6, 6.07) is 0. The lowest BCUT2D eigenvalue weighted by atomic mass is 10.3. The second kappa shape index (κ2) is 4.67. The maximum atomic E-state index is 12.1. The molecule has 2 aromatic rings. The Bertz CT molecular complexity index is 659. The van der Waals surface area contributed by atoms with E-state index >= 15 is 0 Å². The standard InChI is InChI=1S/C9H12N4O3S2/c1-5-4-17-9(10-5)13-18(15,16)8-7(3-14)6(2)11-12-8/h4,14H,3H2,1-2H3,(H,10,13)(H,11,12). The summed E-state index contributed by atoms with van der Waals surface area (Å²) in [7, 11) is -3.83. The van der Waals surface area contributed by atoms with Gasteiger partial charge in [0.05, 0.1) is 12.3 Å². The highest BCUT2D eigenvalue weighted by atomic mass is 32.2. The summed E-state index contributed by atoms with van der Waals surface area (Å²) >= 11 is 1.19. The van der Waals surface area contributed by atoms with Crippen LogP contribution in [-0.4, -0.2) is 28.7 Å². The van der Waals surface area contributed by atoms with Crippen molar-refractivity contribution in [1.29, 1.82) is 0 Å². The van der Waals surface area contributed by atoms with Crippen LogP contribution in [0.25, 0.3) is 0 Å². The van der Waals surface area contributed by atoms with Crippen LogP contribution in [0.15, 0.2) is 10.4 Å². The van der Waals surface area contributed by atoms with E-state index in [0.29, 0.717) is 5.69 Å². The number of nitrogens with one attached hydrogen (secondary N) is 2. The van der Waals surface area contributed by atoms with Crippen LogP contribution in [0.2, 0.25) is 0 Å². The molecule has 2 aromatic heterocycles. The molecule has 0 saturated heterocycles. The van der Waals surface area contributed by atoms with Crippen molar-refractivity contribution in [1.82, 2.24) is 15.2 Å². The maximum Gasteiger partial charge on any atom is 0.283 e. The summed E-state index contributed by atoms with van der Waals surface area (Å²) in [6.07, 6.45) is 0. The normalized spacial score (nSPS) is 11.7. The van der Waals surface area contributed by atoms with E-state index in [-0.39, 0.29) is 15.7 Å². The van der Waals surface area contributed by atoms with Crippen molar-refractivity contribution in [2.45, 2.75) is 25.5 Å². The molecule has 0 aromatic carbocycles. The van der Waals surface area contributed by atoms with E-state index in [1.54, 1.807) is 19.2 Å². The van der Waals surface area contributed by atoms with Crippen LogP contribution in [-0.2, 0) is 16.6 Å². The predicted octanol–water partition coefficient (Wildman–Crippen LogP) is 0.776. The minimum atomic E-state index is -3.83. The van der Waals surface area contributed by atoms with Crippen molar-refractivity contribution < 1.29 is 13.5 Å². The zero-order valence-electron chi connectivity index (χ0n) is 9.76. The monoisotopic (exact) mass is 288 g/mol. The number of sulfonamides is 1. The minimum Gasteiger partial charge on any atom is -0.392 e. The van der Waals surface area contributed by atoms with Gasteiger partial charge < -0.3 is 5.11 Å². The third-order valence-electron chi connectivity index (χ3n) is 2.29. The fourth-order valence-corrected chi connectivity index (χ4v) is 3.54. The van der Waals surface area contributed by atoms with E-state index in [2.05, 4.69) is 19.9 Å². The first-order valence-corrected chi connectivity index (χ1v) is 7.40. The van der Waals surface area contributed by atoms with Crippen LogP contribution >= 0.6 is 11.3 Å². The van der Waals surface area contributed by atoms with Gasteiger partial charge in [-0.1, -0.05) is 0 Å². The largest absolute Gasteiger partial charge is 0.392 e. The van der Waals surface area contributed by atoms with Crippen LogP contribution < -0.4 is 4.72 Å². The van der Waals surface area contributed by atoms with Crippen LogP contribution in [0, 0.1) is 13.8 Å². The molecule has 9 heteroatoms. The number of anilines is 1. The fraction of sp³-hybridized carbons (Fsp3) is 0.333. The molecule has 18 heavy (non-hydrogen) atoms. The molecule has 0 spiro atoms. The minimum absolute atomic E-state index is 0.199. The third-order valence-corrected chi connectivity index (χ3v) is 4.60. The molecule has 0 aliphatic rings. The van der Waals surface area contributed by atoms with E-state index in [0.717, 1.165) is 5.69 Å². The summed E-state index contributed by atoms with van der Waals surface area (Å²) in [6.45, 7) is 3.02. The van der Waals surface area contributed by atoms with E-state index in [1.165, 1.54) is 11.3 Å². The molecular formula is C9H12N4O3S2. The van der Waals surface area contributed by atoms with Gasteiger partial charge in [-0.25, -0.2) is 4.98 Å². The SMILES string of the molecule is Cc1csc(NS(=O)(=O)c2n[nH]c(C)c2CO)n1. The Balaban J connectivity index is 2.36. The van der Waals surface area contributed by atoms with Crippen molar-refractivity contribution in [3.8, 4) is 0 Å². The number of aliphatic hydroxyl groups excluding tert-OH is 1. The van der Waals surface area contributed by atoms with Gasteiger partial charge in [-0.15, -0.1) is 11.3 Å². The quantitative estimate of drug-likeness (QED) is 0.770. The molecule has 0 unspecified atom stereocenters. The molecule has 0 fully saturated rings. The first-order chi connectivity index (χ1) is 8.44. The van der Waals surface area contributed by atoms with Gasteiger partial charge in [-0.2, -0.15) is 13.5 Å². The Morgan fingerprint density at radius 2 is 2.22 bits per heavy atom. The number of H-pyrrole nitrogens is 1. The van der Waals surface area contributed by atoms with Crippen LogP contribution in [0.1, 0.15) is 17.0 Å². The molecule has 3 N–H and O–H groups in total. The lowest BCUT2D eigenvalue weighted by Gasteiger charge is -2.03. The predicted molar refractivity (Wildman–Crippen MR) is 66.9 cm³/mol. The average molecular weight is 288 g/mol. The molecule has 0 radical (unpaired) electrons. The summed E-state index contributed by atoms with van der Waals surface area (Å²) in [5.74, 6) is 0. The number of rotatable bonds is 4. The zero-order valence-corrected chi connectivity index (χ0v) is 11.4. The van der Waals surface area contributed by atoms with Gasteiger partial charge >= 0.3 is 0 Å². The number of aliphatic hydroxyl groups is 1. The van der Waals surface area contributed by atoms with Crippen molar-refractivity contribution in [2.75, 3.05) is 4.72 Å². The number of hydrogen-bond acceptors (Lipinski definition) is 6. The van der Waals surface area contributed by atoms with Crippen LogP contribution in [0.5, 0.6) is 0 Å². The molecule has 0 amide bonds. The lowest BCUT2D eigenvalue weighted by molar-refractivity contribution is 0.277. The Kier molecular flexibility index (Phi) is 3.37. The van der Waals surface area contributed by atoms with Crippen molar-refractivity contribution in [3.63, 3.8) is 0 Å². The number of aromatic nitrogens is 3. The highest BCUT2D eigenvalue weighted by Gasteiger charge is 2.24. The van der Waals surface area contributed by atoms with Gasteiger partial charge in [0, 0.05) is 16.6 Å². The Hall–Kier alpha value is -1.45. The fourth-order valence-electron chi connectivity index (χ4n) is 1.40. The first kappa shape index (κ1) is 13.0. The molecular weight excluding hydrogens is 276 g/mol. The molecule has 0 aliphatic carbocycles. The van der Waals surface area contributed by atoms with Crippen molar-refractivity contribution in [2.24, 2.45) is 0 Å². The van der Waals surface area contributed by atoms with Crippen molar-refractivity contribution in [3.05, 3.63) is 22.3 Å². The smallest absolute Gasteiger partial charge is 0.283 e. The van der Waals surface area contributed by atoms with E-state index < -0.39 is 16.6 Å². The zero-order chi connectivity index (χ0) is 13.3. The van der Waals surface area contributed by atoms with Crippen molar-refractivity contribution >= 4 is 26.5 Å². The second-order valence-electron chi connectivity index (χ2n) is 3.69. The highest BCUT2D eigenvalue weighted by molar-refractivity contribution is 7.92. The van der Waals surface area contributed by atoms with Gasteiger partial charge in [0.1, 0.15) is 0 Å². The number of hydrogen-bond donors (Lipinski definition) is 3. The first-order valence-electron chi connectivity index (χ1n) is 5.03. The number of aromatic amines is 1. The number of nitrogens with zero attached hydrogens (tertiary/aromatic N) is 2. The third kappa shape index (κ3) is 2.37. The van der Waals surface area contributed by atoms with Gasteiger partial charge in [0.25, 0.3) is 10.0 Å². The molecule has 0 bridgehead atoms. The van der Waals surface area contributed by atoms with E-state index in [1.807, 2.05) is 0 Å². The van der Waals surface area contributed by atoms with Gasteiger partial charge in [0.15, 0.2) is 5.13 Å². The van der Waals surface area contributed by atoms with Crippen LogP contribution in [0.3, 0.4) is 0 Å². The molecule has 2 heterocycles. The Labute approximate surface area is 108 Å². The topological polar surface area (TPSA) is 108 Å². The average Bonchev–Trinajstić information content (AvgIpc) is 2.84. The molecule has 98 valence electrons. The Morgan fingerprint density at radius 1 is 1.50 bits per heavy atom. The number of aryl methyl sites for hydroxylation is 2. The van der Waals surface area contributed by atoms with E-state index in [4.69, 9.17) is 5.11 Å². The lowest BCUT2D eigenvalue weighted by Crippen LogP contribution is -2.15. The van der Waals surface area contributed by atoms with Gasteiger partial charge in [-0.05, 0) is 13.8 Å². The van der Waals surface area contributed by atoms with Crippen LogP contribution in [0.4, 0.5) is 5.13 Å². The number of thiazole rings is 1. The highest BCUT2D eigenvalue weighted by Crippen LogP contribution is 2.22. The Morgan fingerprint density at radius 3 is 2.78 bits per heavy atom. The second-order valence-corrected chi connectivity index (χ2v) is 6.15. The van der Waals surface area contributed by atoms with Gasteiger partial charge in [-0.3, -0.25) is 9.82 Å². The molecule has 7 nitrogen and oxygen atoms in total. The molecule has 0 aliphatic heterocycles. The molecule has 0 atom stereocenters. The molecule has 2 rings (SSSR count). The summed E-state index contributed by atoms with van der Waals surface area (Å²) in [5, 5.41) is 17.2.